The van der Waals surface area contributed by atoms with Gasteiger partial charge in [-0.25, -0.2) is 0 Å². The van der Waals surface area contributed by atoms with E-state index in [0.29, 0.717) is 29.0 Å². The molecule has 0 aliphatic carbocycles. The molecule has 10 nitrogen and oxygen atoms in total. The lowest BCUT2D eigenvalue weighted by Crippen LogP contribution is -2.52. The van der Waals surface area contributed by atoms with Crippen LogP contribution in [0.15, 0.2) is 60.8 Å². The van der Waals surface area contributed by atoms with E-state index in [4.69, 9.17) is 9.47 Å². The summed E-state index contributed by atoms with van der Waals surface area (Å²) in [5.74, 6) is -0.179. The summed E-state index contributed by atoms with van der Waals surface area (Å²) in [6.07, 6.45) is -3.59. The number of carboxylic acids is 1. The molecule has 0 spiro atoms. The van der Waals surface area contributed by atoms with Crippen LogP contribution in [0.4, 0.5) is 18.9 Å². The van der Waals surface area contributed by atoms with Gasteiger partial charge in [0.25, 0.3) is 5.69 Å². The van der Waals surface area contributed by atoms with Crippen molar-refractivity contribution in [3.8, 4) is 11.5 Å². The highest BCUT2D eigenvalue weighted by molar-refractivity contribution is 5.87. The first-order chi connectivity index (χ1) is 21.4. The van der Waals surface area contributed by atoms with Gasteiger partial charge in [-0.1, -0.05) is 30.3 Å². The van der Waals surface area contributed by atoms with E-state index in [1.807, 2.05) is 0 Å². The predicted octanol–water partition coefficient (Wildman–Crippen LogP) is 5.44. The number of non-ortho nitro benzene ring substituents is 1. The standard InChI is InChI=1S/C32H32F3N3O7/c1-44-28-14-21-17-36(13-12-23(21)30(45-2)25(28)10-11-29(39)40)19-31(41,32(33,34)35)26-18-37(16-20-6-4-3-5-7-20)27-15-22(38(42)43)8-9-24(26)27/h3-9,14-15,18,41H,10-13,16-17,19H2,1-2H3,(H,39,40). The van der Waals surface area contributed by atoms with E-state index in [0.717, 1.165) is 17.2 Å². The number of nitro benzene ring substituents is 1. The summed E-state index contributed by atoms with van der Waals surface area (Å²) in [5.41, 5.74) is -1.09. The van der Waals surface area contributed by atoms with Crippen LogP contribution < -0.4 is 9.47 Å². The maximum absolute atomic E-state index is 15.0. The van der Waals surface area contributed by atoms with E-state index in [9.17, 15) is 38.3 Å². The van der Waals surface area contributed by atoms with Crippen molar-refractivity contribution in [3.05, 3.63) is 98.7 Å². The molecule has 0 radical (unpaired) electrons. The van der Waals surface area contributed by atoms with E-state index >= 15 is 0 Å². The monoisotopic (exact) mass is 627 g/mol. The van der Waals surface area contributed by atoms with Gasteiger partial charge in [-0.2, -0.15) is 13.2 Å². The van der Waals surface area contributed by atoms with Crippen LogP contribution in [0, 0.1) is 10.1 Å². The Bertz CT molecular complexity index is 1740. The van der Waals surface area contributed by atoms with Crippen LogP contribution in [-0.4, -0.2) is 64.1 Å². The maximum Gasteiger partial charge on any atom is 0.422 e. The fourth-order valence-electron chi connectivity index (χ4n) is 6.10. The van der Waals surface area contributed by atoms with Crippen molar-refractivity contribution < 1.29 is 42.6 Å². The Labute approximate surface area is 256 Å². The average Bonchev–Trinajstić information content (AvgIpc) is 3.36. The third kappa shape index (κ3) is 6.18. The van der Waals surface area contributed by atoms with Crippen LogP contribution in [0.3, 0.4) is 0 Å². The van der Waals surface area contributed by atoms with E-state index in [1.165, 1.54) is 42.0 Å². The van der Waals surface area contributed by atoms with Crippen molar-refractivity contribution in [1.29, 1.82) is 0 Å². The van der Waals surface area contributed by atoms with Gasteiger partial charge in [0, 0.05) is 73.0 Å². The molecular formula is C32H32F3N3O7. The quantitative estimate of drug-likeness (QED) is 0.166. The lowest BCUT2D eigenvalue weighted by molar-refractivity contribution is -0.384. The molecule has 0 amide bonds. The predicted molar refractivity (Wildman–Crippen MR) is 159 cm³/mol. The number of carbonyl (C=O) groups is 1. The Balaban J connectivity index is 1.55. The second kappa shape index (κ2) is 12.4. The highest BCUT2D eigenvalue weighted by Crippen LogP contribution is 2.45. The molecular weight excluding hydrogens is 595 g/mol. The number of alkyl halides is 3. The number of hydrogen-bond acceptors (Lipinski definition) is 7. The Morgan fingerprint density at radius 2 is 1.82 bits per heavy atom. The molecule has 2 heterocycles. The number of carboxylic acid groups (broad SMARTS) is 1. The van der Waals surface area contributed by atoms with E-state index in [-0.39, 0.29) is 49.1 Å². The Kier molecular flexibility index (Phi) is 8.77. The minimum atomic E-state index is -5.10. The van der Waals surface area contributed by atoms with Gasteiger partial charge in [0.05, 0.1) is 24.7 Å². The lowest BCUT2D eigenvalue weighted by Gasteiger charge is -2.38. The zero-order valence-corrected chi connectivity index (χ0v) is 24.6. The molecule has 1 unspecified atom stereocenters. The summed E-state index contributed by atoms with van der Waals surface area (Å²) < 4.78 is 57.5. The van der Waals surface area contributed by atoms with Gasteiger partial charge in [0.1, 0.15) is 11.5 Å². The van der Waals surface area contributed by atoms with Crippen molar-refractivity contribution in [1.82, 2.24) is 9.47 Å². The van der Waals surface area contributed by atoms with Gasteiger partial charge in [0.15, 0.2) is 0 Å². The summed E-state index contributed by atoms with van der Waals surface area (Å²) in [5, 5.41) is 32.4. The fourth-order valence-corrected chi connectivity index (χ4v) is 6.10. The minimum absolute atomic E-state index is 0.0355. The number of methoxy groups -OCH3 is 2. The second-order valence-electron chi connectivity index (χ2n) is 11.1. The van der Waals surface area contributed by atoms with Crippen molar-refractivity contribution >= 4 is 22.6 Å². The van der Waals surface area contributed by atoms with Crippen LogP contribution in [-0.2, 0) is 36.3 Å². The number of β-amino-alcohol motifs (C(OH)–C–C–N with tert-alkyl or cyclic N) is 1. The number of ether oxygens (including phenoxy) is 2. The maximum atomic E-state index is 15.0. The number of nitrogens with zero attached hydrogens (tertiary/aromatic N) is 3. The molecule has 1 aliphatic rings. The van der Waals surface area contributed by atoms with Gasteiger partial charge in [-0.3, -0.25) is 19.8 Å². The van der Waals surface area contributed by atoms with Gasteiger partial charge in [-0.05, 0) is 36.1 Å². The third-order valence-electron chi connectivity index (χ3n) is 8.26. The number of aliphatic hydroxyl groups is 1. The van der Waals surface area contributed by atoms with Crippen molar-refractivity contribution in [3.63, 3.8) is 0 Å². The summed E-state index contributed by atoms with van der Waals surface area (Å²) in [6.45, 7) is -0.482. The van der Waals surface area contributed by atoms with Crippen LogP contribution in [0.2, 0.25) is 0 Å². The largest absolute Gasteiger partial charge is 0.496 e. The number of fused-ring (bicyclic) bond motifs is 2. The molecule has 2 N–H and O–H groups in total. The first-order valence-corrected chi connectivity index (χ1v) is 14.2. The van der Waals surface area contributed by atoms with E-state index in [1.54, 1.807) is 36.4 Å². The van der Waals surface area contributed by atoms with Crippen LogP contribution in [0.5, 0.6) is 11.5 Å². The third-order valence-corrected chi connectivity index (χ3v) is 8.26. The molecule has 1 aromatic heterocycles. The summed E-state index contributed by atoms with van der Waals surface area (Å²) in [7, 11) is 2.87. The highest BCUT2D eigenvalue weighted by Gasteiger charge is 2.57. The van der Waals surface area contributed by atoms with Crippen LogP contribution >= 0.6 is 0 Å². The van der Waals surface area contributed by atoms with E-state index in [2.05, 4.69) is 0 Å². The van der Waals surface area contributed by atoms with E-state index < -0.39 is 34.8 Å². The molecule has 0 saturated heterocycles. The molecule has 1 aliphatic heterocycles. The van der Waals surface area contributed by atoms with Crippen LogP contribution in [0.1, 0.15) is 34.2 Å². The number of rotatable bonds is 11. The highest BCUT2D eigenvalue weighted by atomic mass is 19.4. The summed E-state index contributed by atoms with van der Waals surface area (Å²) in [6, 6.07) is 14.2. The topological polar surface area (TPSA) is 127 Å². The lowest BCUT2D eigenvalue weighted by atomic mass is 9.89. The first kappa shape index (κ1) is 31.8. The fraction of sp³-hybridized carbons (Fsp3) is 0.344. The molecule has 0 saturated carbocycles. The number of benzene rings is 3. The minimum Gasteiger partial charge on any atom is -0.496 e. The number of hydrogen-bond donors (Lipinski definition) is 2. The second-order valence-corrected chi connectivity index (χ2v) is 11.1. The Hall–Kier alpha value is -4.62. The number of aromatic nitrogens is 1. The molecule has 1 atom stereocenters. The zero-order valence-electron chi connectivity index (χ0n) is 24.6. The Morgan fingerprint density at radius 1 is 1.09 bits per heavy atom. The SMILES string of the molecule is COc1cc2c(c(OC)c1CCC(=O)O)CCN(CC(O)(c1cn(Cc3ccccc3)c3cc([N+](=O)[O-])ccc13)C(F)(F)F)C2. The van der Waals surface area contributed by atoms with Crippen molar-refractivity contribution in [2.75, 3.05) is 27.3 Å². The van der Waals surface area contributed by atoms with Gasteiger partial charge >= 0.3 is 12.1 Å². The average molecular weight is 628 g/mol. The first-order valence-electron chi connectivity index (χ1n) is 14.2. The molecule has 0 bridgehead atoms. The molecule has 5 rings (SSSR count). The summed E-state index contributed by atoms with van der Waals surface area (Å²) in [4.78, 5) is 23.6. The normalized spacial score (nSPS) is 15.0. The molecule has 3 aromatic carbocycles. The number of nitro groups is 1. The molecule has 238 valence electrons. The van der Waals surface area contributed by atoms with Crippen LogP contribution in [0.25, 0.3) is 10.9 Å². The van der Waals surface area contributed by atoms with Gasteiger partial charge in [0.2, 0.25) is 5.60 Å². The smallest absolute Gasteiger partial charge is 0.422 e. The number of halogens is 3. The zero-order chi connectivity index (χ0) is 32.5. The summed E-state index contributed by atoms with van der Waals surface area (Å²) >= 11 is 0. The molecule has 0 fully saturated rings. The van der Waals surface area contributed by atoms with Gasteiger partial charge in [-0.15, -0.1) is 0 Å². The molecule has 4 aromatic rings. The van der Waals surface area contributed by atoms with Crippen molar-refractivity contribution in [2.24, 2.45) is 0 Å². The molecule has 45 heavy (non-hydrogen) atoms. The number of aliphatic carboxylic acids is 1. The molecule has 13 heteroatoms. The van der Waals surface area contributed by atoms with Crippen molar-refractivity contribution in [2.45, 2.75) is 44.1 Å². The Morgan fingerprint density at radius 3 is 2.44 bits per heavy atom. The van der Waals surface area contributed by atoms with Gasteiger partial charge < -0.3 is 24.3 Å².